The molecule has 4 nitrogen and oxygen atoms in total. The second-order valence-corrected chi connectivity index (χ2v) is 4.61. The zero-order chi connectivity index (χ0) is 14.5. The summed E-state index contributed by atoms with van der Waals surface area (Å²) in [5, 5.41) is 8.24. The third-order valence-electron chi connectivity index (χ3n) is 2.76. The largest absolute Gasteiger partial charge is 0.493 e. The third-order valence-corrected chi connectivity index (χ3v) is 3.00. The number of amidine groups is 1. The molecular weight excluding hydrogens is 311 g/mol. The first-order valence-electron chi connectivity index (χ1n) is 6.00. The molecule has 0 saturated heterocycles. The van der Waals surface area contributed by atoms with Gasteiger partial charge >= 0.3 is 0 Å². The van der Waals surface area contributed by atoms with Crippen LogP contribution in [-0.4, -0.2) is 12.9 Å². The van der Waals surface area contributed by atoms with Crippen LogP contribution in [0.1, 0.15) is 11.1 Å². The maximum atomic E-state index is 7.59. The highest BCUT2D eigenvalue weighted by molar-refractivity contribution is 6.30. The number of methoxy groups -OCH3 is 1. The van der Waals surface area contributed by atoms with E-state index in [4.69, 9.17) is 32.2 Å². The fourth-order valence-electron chi connectivity index (χ4n) is 1.82. The molecule has 0 spiro atoms. The lowest BCUT2D eigenvalue weighted by molar-refractivity contribution is 0.284. The Morgan fingerprint density at radius 2 is 1.95 bits per heavy atom. The van der Waals surface area contributed by atoms with Gasteiger partial charge in [0.15, 0.2) is 11.5 Å². The van der Waals surface area contributed by atoms with Gasteiger partial charge in [0.25, 0.3) is 0 Å². The molecule has 2 aromatic carbocycles. The summed E-state index contributed by atoms with van der Waals surface area (Å²) >= 11 is 5.93. The Morgan fingerprint density at radius 1 is 1.24 bits per heavy atom. The van der Waals surface area contributed by atoms with Crippen LogP contribution in [0.5, 0.6) is 11.5 Å². The van der Waals surface area contributed by atoms with Crippen molar-refractivity contribution in [3.05, 3.63) is 58.6 Å². The van der Waals surface area contributed by atoms with E-state index in [9.17, 15) is 0 Å². The summed E-state index contributed by atoms with van der Waals surface area (Å²) in [4.78, 5) is 0. The molecule has 3 N–H and O–H groups in total. The van der Waals surface area contributed by atoms with Crippen LogP contribution in [0, 0.1) is 5.41 Å². The van der Waals surface area contributed by atoms with Gasteiger partial charge in [-0.1, -0.05) is 29.8 Å². The molecule has 0 unspecified atom stereocenters. The van der Waals surface area contributed by atoms with E-state index in [2.05, 4.69) is 0 Å². The van der Waals surface area contributed by atoms with Crippen LogP contribution in [0.4, 0.5) is 0 Å². The molecule has 6 heteroatoms. The zero-order valence-corrected chi connectivity index (χ0v) is 13.0. The van der Waals surface area contributed by atoms with Crippen LogP contribution in [0.2, 0.25) is 5.02 Å². The van der Waals surface area contributed by atoms with E-state index in [0.717, 1.165) is 5.56 Å². The average molecular weight is 327 g/mol. The Balaban J connectivity index is 0.00000220. The molecule has 0 aromatic heterocycles. The highest BCUT2D eigenvalue weighted by Gasteiger charge is 2.12. The standard InChI is InChI=1S/C15H15ClN2O2.ClH/c1-19-13-7-3-6-12(15(17)18)14(13)20-9-10-4-2-5-11(16)8-10;/h2-8H,9H2,1H3,(H3,17,18);1H. The Morgan fingerprint density at radius 3 is 2.57 bits per heavy atom. The van der Waals surface area contributed by atoms with Gasteiger partial charge in [0.1, 0.15) is 12.4 Å². The minimum atomic E-state index is -0.0648. The number of ether oxygens (including phenoxy) is 2. The Kier molecular flexibility index (Phi) is 6.34. The number of halogens is 2. The first kappa shape index (κ1) is 17.1. The van der Waals surface area contributed by atoms with Gasteiger partial charge in [0.05, 0.1) is 12.7 Å². The van der Waals surface area contributed by atoms with Crippen molar-refractivity contribution in [1.29, 1.82) is 5.41 Å². The number of hydrogen-bond acceptors (Lipinski definition) is 3. The summed E-state index contributed by atoms with van der Waals surface area (Å²) in [6.45, 7) is 0.321. The number of hydrogen-bond donors (Lipinski definition) is 2. The van der Waals surface area contributed by atoms with Gasteiger partial charge in [0, 0.05) is 5.02 Å². The van der Waals surface area contributed by atoms with E-state index in [0.29, 0.717) is 28.7 Å². The second-order valence-electron chi connectivity index (χ2n) is 4.17. The van der Waals surface area contributed by atoms with Gasteiger partial charge < -0.3 is 15.2 Å². The lowest BCUT2D eigenvalue weighted by Gasteiger charge is -2.14. The fraction of sp³-hybridized carbons (Fsp3) is 0.133. The molecule has 0 amide bonds. The first-order chi connectivity index (χ1) is 9.61. The normalized spacial score (nSPS) is 9.62. The van der Waals surface area contributed by atoms with Crippen LogP contribution in [0.25, 0.3) is 0 Å². The Labute approximate surface area is 134 Å². The van der Waals surface area contributed by atoms with E-state index in [1.54, 1.807) is 31.4 Å². The molecule has 112 valence electrons. The predicted octanol–water partition coefficient (Wildman–Crippen LogP) is 3.63. The molecule has 0 aliphatic carbocycles. The number of nitrogen functional groups attached to an aromatic ring is 1. The Hall–Kier alpha value is -1.91. The van der Waals surface area contributed by atoms with Crippen molar-refractivity contribution in [2.75, 3.05) is 7.11 Å². The SMILES string of the molecule is COc1cccc(C(=N)N)c1OCc1cccc(Cl)c1.Cl. The predicted molar refractivity (Wildman–Crippen MR) is 87.0 cm³/mol. The van der Waals surface area contributed by atoms with Crippen LogP contribution >= 0.6 is 24.0 Å². The number of nitrogens with two attached hydrogens (primary N) is 1. The number of para-hydroxylation sites is 1. The zero-order valence-electron chi connectivity index (χ0n) is 11.4. The van der Waals surface area contributed by atoms with Gasteiger partial charge in [-0.3, -0.25) is 5.41 Å². The third kappa shape index (κ3) is 4.28. The molecule has 0 heterocycles. The summed E-state index contributed by atoms with van der Waals surface area (Å²) < 4.78 is 11.0. The van der Waals surface area contributed by atoms with Crippen molar-refractivity contribution in [1.82, 2.24) is 0 Å². The van der Waals surface area contributed by atoms with E-state index < -0.39 is 0 Å². The monoisotopic (exact) mass is 326 g/mol. The summed E-state index contributed by atoms with van der Waals surface area (Å²) in [6.07, 6.45) is 0. The number of rotatable bonds is 5. The molecule has 2 rings (SSSR count). The molecule has 0 fully saturated rings. The summed E-state index contributed by atoms with van der Waals surface area (Å²) in [6, 6.07) is 12.6. The molecule has 21 heavy (non-hydrogen) atoms. The van der Waals surface area contributed by atoms with Gasteiger partial charge in [-0.05, 0) is 29.8 Å². The van der Waals surface area contributed by atoms with Crippen LogP contribution in [0.15, 0.2) is 42.5 Å². The van der Waals surface area contributed by atoms with E-state index in [-0.39, 0.29) is 18.2 Å². The highest BCUT2D eigenvalue weighted by atomic mass is 35.5. The van der Waals surface area contributed by atoms with Crippen molar-refractivity contribution < 1.29 is 9.47 Å². The molecular formula is C15H16Cl2N2O2. The van der Waals surface area contributed by atoms with Crippen molar-refractivity contribution >= 4 is 29.8 Å². The maximum Gasteiger partial charge on any atom is 0.172 e. The molecule has 0 atom stereocenters. The van der Waals surface area contributed by atoms with Crippen LogP contribution in [0.3, 0.4) is 0 Å². The average Bonchev–Trinajstić information content (AvgIpc) is 2.44. The molecule has 0 saturated carbocycles. The maximum absolute atomic E-state index is 7.59. The second kappa shape index (κ2) is 7.76. The molecule has 2 aromatic rings. The molecule has 0 bridgehead atoms. The topological polar surface area (TPSA) is 68.3 Å². The van der Waals surface area contributed by atoms with Crippen LogP contribution in [-0.2, 0) is 6.61 Å². The van der Waals surface area contributed by atoms with Crippen molar-refractivity contribution in [3.8, 4) is 11.5 Å². The summed E-state index contributed by atoms with van der Waals surface area (Å²) in [5.74, 6) is 0.937. The minimum absolute atomic E-state index is 0. The van der Waals surface area contributed by atoms with Crippen molar-refractivity contribution in [3.63, 3.8) is 0 Å². The lowest BCUT2D eigenvalue weighted by Crippen LogP contribution is -2.13. The van der Waals surface area contributed by atoms with Gasteiger partial charge in [-0.25, -0.2) is 0 Å². The minimum Gasteiger partial charge on any atom is -0.493 e. The molecule has 0 aliphatic heterocycles. The van der Waals surface area contributed by atoms with Crippen LogP contribution < -0.4 is 15.2 Å². The quantitative estimate of drug-likeness (QED) is 0.651. The van der Waals surface area contributed by atoms with E-state index >= 15 is 0 Å². The number of nitrogens with one attached hydrogen (secondary N) is 1. The summed E-state index contributed by atoms with van der Waals surface area (Å²) in [7, 11) is 1.55. The fourth-order valence-corrected chi connectivity index (χ4v) is 2.03. The number of benzene rings is 2. The smallest absolute Gasteiger partial charge is 0.172 e. The van der Waals surface area contributed by atoms with E-state index in [1.807, 2.05) is 18.2 Å². The Bertz CT molecular complexity index is 633. The lowest BCUT2D eigenvalue weighted by atomic mass is 10.1. The van der Waals surface area contributed by atoms with Crippen molar-refractivity contribution in [2.24, 2.45) is 5.73 Å². The van der Waals surface area contributed by atoms with E-state index in [1.165, 1.54) is 0 Å². The first-order valence-corrected chi connectivity index (χ1v) is 6.38. The molecule has 0 radical (unpaired) electrons. The van der Waals surface area contributed by atoms with Crippen molar-refractivity contribution in [2.45, 2.75) is 6.61 Å². The van der Waals surface area contributed by atoms with Gasteiger partial charge in [-0.2, -0.15) is 0 Å². The summed E-state index contributed by atoms with van der Waals surface area (Å²) in [5.41, 5.74) is 6.99. The van der Waals surface area contributed by atoms with Gasteiger partial charge in [0.2, 0.25) is 0 Å². The van der Waals surface area contributed by atoms with Gasteiger partial charge in [-0.15, -0.1) is 12.4 Å². The highest BCUT2D eigenvalue weighted by Crippen LogP contribution is 2.31. The molecule has 0 aliphatic rings.